The predicted octanol–water partition coefficient (Wildman–Crippen LogP) is 2.22. The fourth-order valence-electron chi connectivity index (χ4n) is 4.14. The Morgan fingerprint density at radius 3 is 2.75 bits per heavy atom. The fraction of sp³-hybridized carbons (Fsp3) is 0.667. The van der Waals surface area contributed by atoms with Gasteiger partial charge in [0.2, 0.25) is 0 Å². The minimum absolute atomic E-state index is 0.638. The van der Waals surface area contributed by atoms with E-state index in [0.717, 1.165) is 37.6 Å². The lowest BCUT2D eigenvalue weighted by molar-refractivity contribution is 0.181. The zero-order chi connectivity index (χ0) is 16.5. The molecule has 0 aliphatic carbocycles. The summed E-state index contributed by atoms with van der Waals surface area (Å²) in [5, 5.41) is 4.11. The molecule has 0 unspecified atom stereocenters. The quantitative estimate of drug-likeness (QED) is 0.861. The lowest BCUT2D eigenvalue weighted by Gasteiger charge is -2.27. The highest BCUT2D eigenvalue weighted by Crippen LogP contribution is 2.22. The molecule has 2 aliphatic heterocycles. The van der Waals surface area contributed by atoms with E-state index in [9.17, 15) is 0 Å². The molecule has 2 aromatic rings. The van der Waals surface area contributed by atoms with E-state index < -0.39 is 0 Å². The molecule has 1 fully saturated rings. The second kappa shape index (κ2) is 6.69. The van der Waals surface area contributed by atoms with Crippen molar-refractivity contribution in [3.63, 3.8) is 0 Å². The topological polar surface area (TPSA) is 50.3 Å². The van der Waals surface area contributed by atoms with Crippen LogP contribution in [0.2, 0.25) is 0 Å². The van der Waals surface area contributed by atoms with Gasteiger partial charge in [0, 0.05) is 50.1 Å². The molecule has 0 N–H and O–H groups in total. The van der Waals surface area contributed by atoms with Crippen molar-refractivity contribution in [1.82, 2.24) is 24.5 Å². The maximum atomic E-state index is 5.35. The molecular weight excluding hydrogens is 302 g/mol. The van der Waals surface area contributed by atoms with E-state index in [1.54, 1.807) is 0 Å². The summed E-state index contributed by atoms with van der Waals surface area (Å²) in [6, 6.07) is 0. The Bertz CT molecular complexity index is 666. The molecule has 0 amide bonds. The molecule has 0 saturated carbocycles. The van der Waals surface area contributed by atoms with E-state index in [0.29, 0.717) is 5.92 Å². The van der Waals surface area contributed by atoms with Gasteiger partial charge in [0.05, 0.1) is 12.2 Å². The molecule has 24 heavy (non-hydrogen) atoms. The molecule has 0 bridgehead atoms. The number of hydrogen-bond acceptors (Lipinski definition) is 5. The van der Waals surface area contributed by atoms with Crippen molar-refractivity contribution in [3.8, 4) is 0 Å². The zero-order valence-electron chi connectivity index (χ0n) is 14.7. The van der Waals surface area contributed by atoms with Crippen LogP contribution in [0, 0.1) is 19.8 Å². The minimum atomic E-state index is 0.638. The van der Waals surface area contributed by atoms with Gasteiger partial charge < -0.3 is 14.0 Å². The van der Waals surface area contributed by atoms with Crippen molar-refractivity contribution >= 4 is 0 Å². The third-order valence-corrected chi connectivity index (χ3v) is 5.42. The summed E-state index contributed by atoms with van der Waals surface area (Å²) in [4.78, 5) is 9.71. The number of aromatic nitrogens is 3. The zero-order valence-corrected chi connectivity index (χ0v) is 14.7. The Kier molecular flexibility index (Phi) is 4.41. The first-order chi connectivity index (χ1) is 11.7. The SMILES string of the molecule is Cc1noc(C)c1CN1Cc2nccn2C[C@@H](CN2CCCC2)C1. The van der Waals surface area contributed by atoms with Crippen molar-refractivity contribution in [1.29, 1.82) is 0 Å². The van der Waals surface area contributed by atoms with Crippen LogP contribution in [0.5, 0.6) is 0 Å². The number of fused-ring (bicyclic) bond motifs is 1. The lowest BCUT2D eigenvalue weighted by atomic mass is 10.1. The van der Waals surface area contributed by atoms with Crippen LogP contribution >= 0.6 is 0 Å². The second-order valence-corrected chi connectivity index (χ2v) is 7.34. The molecule has 1 saturated heterocycles. The fourth-order valence-corrected chi connectivity index (χ4v) is 4.14. The van der Waals surface area contributed by atoms with Gasteiger partial charge in [-0.3, -0.25) is 4.90 Å². The van der Waals surface area contributed by atoms with Crippen LogP contribution < -0.4 is 0 Å². The number of imidazole rings is 1. The van der Waals surface area contributed by atoms with Gasteiger partial charge in [0.25, 0.3) is 0 Å². The van der Waals surface area contributed by atoms with Gasteiger partial charge in [0.1, 0.15) is 11.6 Å². The third kappa shape index (κ3) is 3.26. The van der Waals surface area contributed by atoms with Crippen LogP contribution in [0.15, 0.2) is 16.9 Å². The predicted molar refractivity (Wildman–Crippen MR) is 91.5 cm³/mol. The van der Waals surface area contributed by atoms with Crippen molar-refractivity contribution in [3.05, 3.63) is 35.2 Å². The summed E-state index contributed by atoms with van der Waals surface area (Å²) < 4.78 is 7.69. The van der Waals surface area contributed by atoms with Gasteiger partial charge in [-0.15, -0.1) is 0 Å². The Balaban J connectivity index is 1.52. The van der Waals surface area contributed by atoms with Crippen LogP contribution in [0.4, 0.5) is 0 Å². The number of likely N-dealkylation sites (tertiary alicyclic amines) is 1. The summed E-state index contributed by atoms with van der Waals surface area (Å²) in [5.74, 6) is 2.75. The highest BCUT2D eigenvalue weighted by Gasteiger charge is 2.26. The summed E-state index contributed by atoms with van der Waals surface area (Å²) in [6.45, 7) is 11.7. The number of aryl methyl sites for hydroxylation is 2. The summed E-state index contributed by atoms with van der Waals surface area (Å²) in [5.41, 5.74) is 2.24. The molecule has 0 radical (unpaired) electrons. The van der Waals surface area contributed by atoms with E-state index in [4.69, 9.17) is 4.52 Å². The molecule has 4 rings (SSSR count). The molecule has 2 aromatic heterocycles. The molecular formula is C18H27N5O. The standard InChI is InChI=1S/C18H27N5O/c1-14-17(15(2)24-20-14)12-22-10-16(9-21-6-3-4-7-21)11-23-8-5-19-18(23)13-22/h5,8,16H,3-4,6-7,9-13H2,1-2H3/t16-/m0/s1. The Labute approximate surface area is 143 Å². The van der Waals surface area contributed by atoms with Gasteiger partial charge in [-0.2, -0.15) is 0 Å². The normalized spacial score (nSPS) is 22.7. The number of hydrogen-bond donors (Lipinski definition) is 0. The first-order valence-electron chi connectivity index (χ1n) is 9.05. The van der Waals surface area contributed by atoms with Crippen LogP contribution in [-0.4, -0.2) is 50.7 Å². The Morgan fingerprint density at radius 2 is 2.00 bits per heavy atom. The van der Waals surface area contributed by atoms with Crippen molar-refractivity contribution in [2.45, 2.75) is 46.3 Å². The van der Waals surface area contributed by atoms with Gasteiger partial charge in [-0.05, 0) is 39.8 Å². The average Bonchev–Trinajstić information content (AvgIpc) is 3.26. The van der Waals surface area contributed by atoms with E-state index in [-0.39, 0.29) is 0 Å². The van der Waals surface area contributed by atoms with Crippen LogP contribution in [0.1, 0.15) is 35.7 Å². The molecule has 4 heterocycles. The third-order valence-electron chi connectivity index (χ3n) is 5.42. The number of rotatable bonds is 4. The first kappa shape index (κ1) is 15.8. The molecule has 2 aliphatic rings. The Hall–Kier alpha value is -1.66. The Morgan fingerprint density at radius 1 is 1.17 bits per heavy atom. The van der Waals surface area contributed by atoms with E-state index in [1.807, 2.05) is 20.0 Å². The van der Waals surface area contributed by atoms with Crippen molar-refractivity contribution in [2.75, 3.05) is 26.2 Å². The van der Waals surface area contributed by atoms with Crippen LogP contribution in [0.25, 0.3) is 0 Å². The maximum absolute atomic E-state index is 5.35. The van der Waals surface area contributed by atoms with Gasteiger partial charge in [-0.25, -0.2) is 4.98 Å². The molecule has 0 aromatic carbocycles. The minimum Gasteiger partial charge on any atom is -0.361 e. The summed E-state index contributed by atoms with van der Waals surface area (Å²) in [7, 11) is 0. The lowest BCUT2D eigenvalue weighted by Crippen LogP contribution is -2.35. The van der Waals surface area contributed by atoms with E-state index in [2.05, 4.69) is 30.7 Å². The molecule has 1 atom stereocenters. The molecule has 6 heteroatoms. The highest BCUT2D eigenvalue weighted by molar-refractivity contribution is 5.20. The number of nitrogens with zero attached hydrogens (tertiary/aromatic N) is 5. The summed E-state index contributed by atoms with van der Waals surface area (Å²) >= 11 is 0. The van der Waals surface area contributed by atoms with Gasteiger partial charge in [-0.1, -0.05) is 5.16 Å². The summed E-state index contributed by atoms with van der Waals surface area (Å²) in [6.07, 6.45) is 6.77. The van der Waals surface area contributed by atoms with Crippen molar-refractivity contribution in [2.24, 2.45) is 5.92 Å². The molecule has 130 valence electrons. The van der Waals surface area contributed by atoms with Crippen molar-refractivity contribution < 1.29 is 4.52 Å². The highest BCUT2D eigenvalue weighted by atomic mass is 16.5. The smallest absolute Gasteiger partial charge is 0.138 e. The molecule has 6 nitrogen and oxygen atoms in total. The van der Waals surface area contributed by atoms with Crippen LogP contribution in [0.3, 0.4) is 0 Å². The van der Waals surface area contributed by atoms with Gasteiger partial charge in [0.15, 0.2) is 0 Å². The first-order valence-corrected chi connectivity index (χ1v) is 9.05. The maximum Gasteiger partial charge on any atom is 0.138 e. The second-order valence-electron chi connectivity index (χ2n) is 7.34. The average molecular weight is 329 g/mol. The largest absolute Gasteiger partial charge is 0.361 e. The monoisotopic (exact) mass is 329 g/mol. The van der Waals surface area contributed by atoms with Crippen LogP contribution in [-0.2, 0) is 19.6 Å². The van der Waals surface area contributed by atoms with E-state index >= 15 is 0 Å². The molecule has 0 spiro atoms. The van der Waals surface area contributed by atoms with Gasteiger partial charge >= 0.3 is 0 Å². The van der Waals surface area contributed by atoms with E-state index in [1.165, 1.54) is 43.9 Å².